The lowest BCUT2D eigenvalue weighted by Gasteiger charge is -2.40. The van der Waals surface area contributed by atoms with Gasteiger partial charge in [-0.25, -0.2) is 0 Å². The molecule has 0 aromatic heterocycles. The number of piperazine rings is 1. The maximum absolute atomic E-state index is 12.5. The number of hydrogen-bond donors (Lipinski definition) is 2. The van der Waals surface area contributed by atoms with Crippen LogP contribution in [-0.2, 0) is 4.79 Å². The van der Waals surface area contributed by atoms with Gasteiger partial charge in [0.05, 0.1) is 5.54 Å². The van der Waals surface area contributed by atoms with Gasteiger partial charge in [-0.3, -0.25) is 9.69 Å². The molecule has 1 atom stereocenters. The van der Waals surface area contributed by atoms with E-state index in [1.54, 1.807) is 0 Å². The SMILES string of the molecule is CC(C)N1CCC(CNC(=O)C(C)(C)N2CCNCC2)C1. The minimum absolute atomic E-state index is 0.174. The summed E-state index contributed by atoms with van der Waals surface area (Å²) in [6.45, 7) is 15.5. The van der Waals surface area contributed by atoms with E-state index in [1.807, 2.05) is 13.8 Å². The Kier molecular flexibility index (Phi) is 5.63. The molecule has 2 heterocycles. The molecular weight excluding hydrogens is 264 g/mol. The summed E-state index contributed by atoms with van der Waals surface area (Å²) in [5.74, 6) is 0.780. The van der Waals surface area contributed by atoms with Crippen LogP contribution in [0.3, 0.4) is 0 Å². The number of hydrogen-bond acceptors (Lipinski definition) is 4. The molecule has 5 nitrogen and oxygen atoms in total. The average Bonchev–Trinajstić information content (AvgIpc) is 2.94. The highest BCUT2D eigenvalue weighted by Crippen LogP contribution is 2.19. The molecule has 1 unspecified atom stereocenters. The van der Waals surface area contributed by atoms with Gasteiger partial charge in [-0.2, -0.15) is 0 Å². The highest BCUT2D eigenvalue weighted by Gasteiger charge is 2.35. The van der Waals surface area contributed by atoms with E-state index in [0.29, 0.717) is 12.0 Å². The number of nitrogens with one attached hydrogen (secondary N) is 2. The third-order valence-electron chi connectivity index (χ3n) is 5.06. The molecule has 2 aliphatic heterocycles. The van der Waals surface area contributed by atoms with Crippen molar-refractivity contribution in [1.29, 1.82) is 0 Å². The second kappa shape index (κ2) is 7.07. The average molecular weight is 296 g/mol. The zero-order chi connectivity index (χ0) is 15.5. The third kappa shape index (κ3) is 4.18. The van der Waals surface area contributed by atoms with Gasteiger partial charge in [-0.1, -0.05) is 0 Å². The molecule has 0 aromatic carbocycles. The Morgan fingerprint density at radius 3 is 2.52 bits per heavy atom. The standard InChI is InChI=1S/C16H32N4O/c1-13(2)19-8-5-14(12-19)11-18-15(21)16(3,4)20-9-6-17-7-10-20/h13-14,17H,5-12H2,1-4H3,(H,18,21). The van der Waals surface area contributed by atoms with Crippen molar-refractivity contribution >= 4 is 5.91 Å². The topological polar surface area (TPSA) is 47.6 Å². The number of rotatable bonds is 5. The smallest absolute Gasteiger partial charge is 0.239 e. The predicted molar refractivity (Wildman–Crippen MR) is 86.3 cm³/mol. The fraction of sp³-hybridized carbons (Fsp3) is 0.938. The van der Waals surface area contributed by atoms with Crippen LogP contribution in [0.25, 0.3) is 0 Å². The lowest BCUT2D eigenvalue weighted by molar-refractivity contribution is -0.132. The molecule has 0 aliphatic carbocycles. The quantitative estimate of drug-likeness (QED) is 0.776. The van der Waals surface area contributed by atoms with Gasteiger partial charge in [0.1, 0.15) is 0 Å². The van der Waals surface area contributed by atoms with Crippen LogP contribution in [0, 0.1) is 5.92 Å². The van der Waals surface area contributed by atoms with Crippen LogP contribution < -0.4 is 10.6 Å². The first-order valence-corrected chi connectivity index (χ1v) is 8.39. The molecule has 2 rings (SSSR count). The highest BCUT2D eigenvalue weighted by molar-refractivity contribution is 5.85. The summed E-state index contributed by atoms with van der Waals surface area (Å²) in [7, 11) is 0. The Hall–Kier alpha value is -0.650. The summed E-state index contributed by atoms with van der Waals surface area (Å²) < 4.78 is 0. The Balaban J connectivity index is 1.78. The van der Waals surface area contributed by atoms with E-state index in [2.05, 4.69) is 34.3 Å². The van der Waals surface area contributed by atoms with Gasteiger partial charge < -0.3 is 15.5 Å². The zero-order valence-electron chi connectivity index (χ0n) is 14.1. The predicted octanol–water partition coefficient (Wildman–Crippen LogP) is 0.517. The van der Waals surface area contributed by atoms with Crippen LogP contribution in [0.5, 0.6) is 0 Å². The van der Waals surface area contributed by atoms with E-state index in [1.165, 1.54) is 13.0 Å². The van der Waals surface area contributed by atoms with Crippen LogP contribution in [-0.4, -0.2) is 73.1 Å². The van der Waals surface area contributed by atoms with Crippen molar-refractivity contribution in [3.05, 3.63) is 0 Å². The van der Waals surface area contributed by atoms with E-state index >= 15 is 0 Å². The fourth-order valence-electron chi connectivity index (χ4n) is 3.32. The summed E-state index contributed by atoms with van der Waals surface area (Å²) in [6.07, 6.45) is 1.20. The molecule has 21 heavy (non-hydrogen) atoms. The third-order valence-corrected chi connectivity index (χ3v) is 5.06. The summed E-state index contributed by atoms with van der Waals surface area (Å²) in [5.41, 5.74) is -0.404. The van der Waals surface area contributed by atoms with Crippen LogP contribution >= 0.6 is 0 Å². The minimum atomic E-state index is -0.404. The lowest BCUT2D eigenvalue weighted by atomic mass is 9.99. The molecule has 0 radical (unpaired) electrons. The van der Waals surface area contributed by atoms with Gasteiger partial charge in [0, 0.05) is 45.3 Å². The first kappa shape index (κ1) is 16.7. The van der Waals surface area contributed by atoms with Crippen molar-refractivity contribution in [2.24, 2.45) is 5.92 Å². The zero-order valence-corrected chi connectivity index (χ0v) is 14.1. The largest absolute Gasteiger partial charge is 0.354 e. The number of amides is 1. The molecule has 122 valence electrons. The molecule has 0 bridgehead atoms. The number of carbonyl (C=O) groups excluding carboxylic acids is 1. The summed E-state index contributed by atoms with van der Waals surface area (Å²) in [5, 5.41) is 6.53. The van der Waals surface area contributed by atoms with E-state index in [4.69, 9.17) is 0 Å². The highest BCUT2D eigenvalue weighted by atomic mass is 16.2. The molecule has 0 spiro atoms. The van der Waals surface area contributed by atoms with Crippen LogP contribution in [0.1, 0.15) is 34.1 Å². The lowest BCUT2D eigenvalue weighted by Crippen LogP contribution is -2.60. The van der Waals surface area contributed by atoms with Crippen molar-refractivity contribution in [3.63, 3.8) is 0 Å². The molecule has 0 saturated carbocycles. The van der Waals surface area contributed by atoms with Crippen molar-refractivity contribution < 1.29 is 4.79 Å². The van der Waals surface area contributed by atoms with E-state index in [9.17, 15) is 4.79 Å². The summed E-state index contributed by atoms with van der Waals surface area (Å²) in [6, 6.07) is 0.614. The van der Waals surface area contributed by atoms with Crippen LogP contribution in [0.15, 0.2) is 0 Å². The van der Waals surface area contributed by atoms with Gasteiger partial charge in [-0.05, 0) is 46.6 Å². The molecule has 2 fully saturated rings. The van der Waals surface area contributed by atoms with Crippen molar-refractivity contribution in [3.8, 4) is 0 Å². The monoisotopic (exact) mass is 296 g/mol. The number of nitrogens with zero attached hydrogens (tertiary/aromatic N) is 2. The van der Waals surface area contributed by atoms with Crippen molar-refractivity contribution in [2.75, 3.05) is 45.8 Å². The van der Waals surface area contributed by atoms with Gasteiger partial charge in [0.25, 0.3) is 0 Å². The Bertz CT molecular complexity index is 350. The second-order valence-corrected chi connectivity index (χ2v) is 7.25. The summed E-state index contributed by atoms with van der Waals surface area (Å²) in [4.78, 5) is 17.3. The molecule has 2 N–H and O–H groups in total. The normalized spacial score (nSPS) is 25.5. The molecule has 1 amide bonds. The van der Waals surface area contributed by atoms with Gasteiger partial charge >= 0.3 is 0 Å². The summed E-state index contributed by atoms with van der Waals surface area (Å²) >= 11 is 0. The van der Waals surface area contributed by atoms with Gasteiger partial charge in [0.15, 0.2) is 0 Å². The number of likely N-dealkylation sites (tertiary alicyclic amines) is 1. The first-order valence-electron chi connectivity index (χ1n) is 8.39. The van der Waals surface area contributed by atoms with Crippen molar-refractivity contribution in [2.45, 2.75) is 45.7 Å². The molecular formula is C16H32N4O. The maximum atomic E-state index is 12.5. The van der Waals surface area contributed by atoms with Gasteiger partial charge in [0.2, 0.25) is 5.91 Å². The van der Waals surface area contributed by atoms with Crippen LogP contribution in [0.2, 0.25) is 0 Å². The van der Waals surface area contributed by atoms with Gasteiger partial charge in [-0.15, -0.1) is 0 Å². The Labute approximate surface area is 129 Å². The molecule has 5 heteroatoms. The van der Waals surface area contributed by atoms with Crippen LogP contribution in [0.4, 0.5) is 0 Å². The van der Waals surface area contributed by atoms with E-state index in [-0.39, 0.29) is 5.91 Å². The fourth-order valence-corrected chi connectivity index (χ4v) is 3.32. The molecule has 2 aliphatic rings. The molecule has 2 saturated heterocycles. The van der Waals surface area contributed by atoms with E-state index < -0.39 is 5.54 Å². The minimum Gasteiger partial charge on any atom is -0.354 e. The number of carbonyl (C=O) groups is 1. The maximum Gasteiger partial charge on any atom is 0.239 e. The Morgan fingerprint density at radius 2 is 1.95 bits per heavy atom. The van der Waals surface area contributed by atoms with Crippen molar-refractivity contribution in [1.82, 2.24) is 20.4 Å². The Morgan fingerprint density at radius 1 is 1.29 bits per heavy atom. The second-order valence-electron chi connectivity index (χ2n) is 7.25. The van der Waals surface area contributed by atoms with E-state index in [0.717, 1.165) is 39.3 Å². The molecule has 0 aromatic rings. The first-order chi connectivity index (χ1) is 9.91.